The number of amides is 1. The Hall–Kier alpha value is -1.85. The van der Waals surface area contributed by atoms with Crippen LogP contribution in [-0.4, -0.2) is 40.4 Å². The largest absolute Gasteiger partial charge is 0.365 e. The quantitative estimate of drug-likeness (QED) is 0.882. The first-order valence-electron chi connectivity index (χ1n) is 7.77. The van der Waals surface area contributed by atoms with Gasteiger partial charge >= 0.3 is 0 Å². The van der Waals surface area contributed by atoms with E-state index in [4.69, 9.17) is 0 Å². The van der Waals surface area contributed by atoms with Gasteiger partial charge < -0.3 is 15.2 Å². The molecule has 3 rings (SSSR count). The maximum Gasteiger partial charge on any atom is 0.255 e. The predicted molar refractivity (Wildman–Crippen MR) is 92.7 cm³/mol. The van der Waals surface area contributed by atoms with E-state index in [-0.39, 0.29) is 18.3 Å². The lowest BCUT2D eigenvalue weighted by Gasteiger charge is -2.25. The zero-order valence-corrected chi connectivity index (χ0v) is 14.1. The number of H-pyrrole nitrogens is 1. The summed E-state index contributed by atoms with van der Waals surface area (Å²) in [6.07, 6.45) is 6.54. The zero-order chi connectivity index (χ0) is 15.4. The van der Waals surface area contributed by atoms with Crippen molar-refractivity contribution in [2.24, 2.45) is 5.92 Å². The van der Waals surface area contributed by atoms with Gasteiger partial charge in [0, 0.05) is 37.4 Å². The van der Waals surface area contributed by atoms with E-state index in [1.807, 2.05) is 42.4 Å². The van der Waals surface area contributed by atoms with Gasteiger partial charge in [0.05, 0.1) is 5.56 Å². The molecule has 0 bridgehead atoms. The molecule has 2 N–H and O–H groups in total. The minimum absolute atomic E-state index is 0. The van der Waals surface area contributed by atoms with Gasteiger partial charge in [-0.3, -0.25) is 9.78 Å². The normalized spacial score (nSPS) is 16.8. The molecule has 2 aromatic heterocycles. The number of hydrogen-bond donors (Lipinski definition) is 2. The fourth-order valence-electron chi connectivity index (χ4n) is 2.97. The van der Waals surface area contributed by atoms with E-state index >= 15 is 0 Å². The first kappa shape index (κ1) is 17.5. The average Bonchev–Trinajstić information content (AvgIpc) is 3.18. The number of aromatic nitrogens is 2. The Labute approximate surface area is 142 Å². The van der Waals surface area contributed by atoms with Gasteiger partial charge in [-0.05, 0) is 50.0 Å². The number of hydrogen-bond acceptors (Lipinski definition) is 3. The molecule has 3 heterocycles. The van der Waals surface area contributed by atoms with Gasteiger partial charge in [-0.15, -0.1) is 12.4 Å². The Kier molecular flexibility index (Phi) is 6.19. The number of nitrogens with one attached hydrogen (secondary N) is 2. The molecule has 0 spiro atoms. The van der Waals surface area contributed by atoms with Crippen LogP contribution < -0.4 is 5.32 Å². The first-order chi connectivity index (χ1) is 10.7. The van der Waals surface area contributed by atoms with Gasteiger partial charge in [0.15, 0.2) is 0 Å². The Bertz CT molecular complexity index is 623. The number of aryl methyl sites for hydroxylation is 1. The minimum Gasteiger partial charge on any atom is -0.365 e. The molecule has 0 saturated carbocycles. The van der Waals surface area contributed by atoms with E-state index in [9.17, 15) is 4.79 Å². The van der Waals surface area contributed by atoms with Gasteiger partial charge in [0.2, 0.25) is 0 Å². The summed E-state index contributed by atoms with van der Waals surface area (Å²) in [6.45, 7) is 5.36. The van der Waals surface area contributed by atoms with Crippen molar-refractivity contribution in [3.8, 4) is 0 Å². The van der Waals surface area contributed by atoms with Crippen molar-refractivity contribution in [3.05, 3.63) is 53.6 Å². The Morgan fingerprint density at radius 2 is 2.30 bits per heavy atom. The van der Waals surface area contributed by atoms with Gasteiger partial charge in [-0.2, -0.15) is 0 Å². The molecule has 0 radical (unpaired) electrons. The molecule has 6 heteroatoms. The fourth-order valence-corrected chi connectivity index (χ4v) is 2.97. The molecular weight excluding hydrogens is 312 g/mol. The van der Waals surface area contributed by atoms with Crippen molar-refractivity contribution in [3.63, 3.8) is 0 Å². The van der Waals surface area contributed by atoms with E-state index in [0.717, 1.165) is 42.9 Å². The maximum atomic E-state index is 12.9. The number of carbonyl (C=O) groups is 1. The van der Waals surface area contributed by atoms with Crippen molar-refractivity contribution in [1.82, 2.24) is 20.2 Å². The molecule has 2 aromatic rings. The molecule has 1 fully saturated rings. The van der Waals surface area contributed by atoms with Crippen molar-refractivity contribution < 1.29 is 4.79 Å². The summed E-state index contributed by atoms with van der Waals surface area (Å²) in [5.74, 6) is 0.620. The second-order valence-corrected chi connectivity index (χ2v) is 5.92. The van der Waals surface area contributed by atoms with E-state index in [1.165, 1.54) is 0 Å². The van der Waals surface area contributed by atoms with E-state index < -0.39 is 0 Å². The van der Waals surface area contributed by atoms with Crippen LogP contribution in [-0.2, 0) is 6.54 Å². The monoisotopic (exact) mass is 334 g/mol. The average molecular weight is 335 g/mol. The van der Waals surface area contributed by atoms with Crippen molar-refractivity contribution in [1.29, 1.82) is 0 Å². The van der Waals surface area contributed by atoms with Crippen LogP contribution >= 0.6 is 12.4 Å². The van der Waals surface area contributed by atoms with Gasteiger partial charge in [-0.25, -0.2) is 0 Å². The summed E-state index contributed by atoms with van der Waals surface area (Å²) in [5.41, 5.74) is 2.75. The highest BCUT2D eigenvalue weighted by molar-refractivity contribution is 5.95. The molecule has 0 aromatic carbocycles. The Balaban J connectivity index is 0.00000192. The Morgan fingerprint density at radius 1 is 1.43 bits per heavy atom. The van der Waals surface area contributed by atoms with E-state index in [0.29, 0.717) is 12.5 Å². The second kappa shape index (κ2) is 8.13. The maximum absolute atomic E-state index is 12.9. The zero-order valence-electron chi connectivity index (χ0n) is 13.3. The fraction of sp³-hybridized carbons (Fsp3) is 0.412. The summed E-state index contributed by atoms with van der Waals surface area (Å²) in [5, 5.41) is 3.37. The van der Waals surface area contributed by atoms with Gasteiger partial charge in [0.25, 0.3) is 5.91 Å². The summed E-state index contributed by atoms with van der Waals surface area (Å²) < 4.78 is 0. The summed E-state index contributed by atoms with van der Waals surface area (Å²) >= 11 is 0. The third-order valence-electron chi connectivity index (χ3n) is 4.21. The minimum atomic E-state index is 0. The number of nitrogens with zero attached hydrogens (tertiary/aromatic N) is 2. The van der Waals surface area contributed by atoms with Crippen LogP contribution in [0.15, 0.2) is 36.8 Å². The van der Waals surface area contributed by atoms with Crippen LogP contribution in [0, 0.1) is 12.8 Å². The molecule has 1 unspecified atom stereocenters. The highest BCUT2D eigenvalue weighted by Crippen LogP contribution is 2.17. The number of aromatic amines is 1. The lowest BCUT2D eigenvalue weighted by atomic mass is 10.1. The van der Waals surface area contributed by atoms with Gasteiger partial charge in [-0.1, -0.05) is 6.07 Å². The summed E-state index contributed by atoms with van der Waals surface area (Å²) in [7, 11) is 0. The number of pyridine rings is 1. The molecule has 1 amide bonds. The highest BCUT2D eigenvalue weighted by Gasteiger charge is 2.24. The standard InChI is InChI=1S/C17H22N4O.ClH/c1-13-16(5-8-20-13)17(22)21(12-15-4-7-19-10-15)11-14-3-2-6-18-9-14;/h2-3,5-6,8-9,15,19-20H,4,7,10-12H2,1H3;1H. The summed E-state index contributed by atoms with van der Waals surface area (Å²) in [4.78, 5) is 22.1. The Morgan fingerprint density at radius 3 is 2.91 bits per heavy atom. The molecule has 23 heavy (non-hydrogen) atoms. The smallest absolute Gasteiger partial charge is 0.255 e. The third kappa shape index (κ3) is 4.33. The first-order valence-corrected chi connectivity index (χ1v) is 7.77. The topological polar surface area (TPSA) is 61.0 Å². The molecule has 0 aliphatic carbocycles. The van der Waals surface area contributed by atoms with Crippen LogP contribution in [0.4, 0.5) is 0 Å². The van der Waals surface area contributed by atoms with E-state index in [2.05, 4.69) is 15.3 Å². The lowest BCUT2D eigenvalue weighted by molar-refractivity contribution is 0.0718. The molecule has 124 valence electrons. The van der Waals surface area contributed by atoms with Crippen molar-refractivity contribution in [2.45, 2.75) is 19.9 Å². The van der Waals surface area contributed by atoms with Crippen molar-refractivity contribution >= 4 is 18.3 Å². The third-order valence-corrected chi connectivity index (χ3v) is 4.21. The van der Waals surface area contributed by atoms with E-state index in [1.54, 1.807) is 6.20 Å². The second-order valence-electron chi connectivity index (χ2n) is 5.92. The van der Waals surface area contributed by atoms with Crippen LogP contribution in [0.3, 0.4) is 0 Å². The summed E-state index contributed by atoms with van der Waals surface area (Å²) in [6, 6.07) is 5.79. The van der Waals surface area contributed by atoms with Crippen molar-refractivity contribution in [2.75, 3.05) is 19.6 Å². The van der Waals surface area contributed by atoms with Crippen LogP contribution in [0.25, 0.3) is 0 Å². The molecular formula is C17H23ClN4O. The van der Waals surface area contributed by atoms with Gasteiger partial charge in [0.1, 0.15) is 0 Å². The highest BCUT2D eigenvalue weighted by atomic mass is 35.5. The molecule has 5 nitrogen and oxygen atoms in total. The molecule has 1 saturated heterocycles. The van der Waals surface area contributed by atoms with Crippen LogP contribution in [0.1, 0.15) is 28.0 Å². The van der Waals surface area contributed by atoms with Crippen LogP contribution in [0.5, 0.6) is 0 Å². The molecule has 1 atom stereocenters. The SMILES string of the molecule is Cc1[nH]ccc1C(=O)N(Cc1cccnc1)CC1CCNC1.Cl. The van der Waals surface area contributed by atoms with Crippen LogP contribution in [0.2, 0.25) is 0 Å². The molecule has 1 aliphatic heterocycles. The number of carbonyl (C=O) groups excluding carboxylic acids is 1. The number of rotatable bonds is 5. The lowest BCUT2D eigenvalue weighted by Crippen LogP contribution is -2.35. The molecule has 1 aliphatic rings. The predicted octanol–water partition coefficient (Wildman–Crippen LogP) is 2.39. The number of halogens is 1.